The highest BCUT2D eigenvalue weighted by Gasteiger charge is 2.17. The second kappa shape index (κ2) is 6.46. The van der Waals surface area contributed by atoms with E-state index in [0.717, 1.165) is 24.8 Å². The molecule has 1 amide bonds. The van der Waals surface area contributed by atoms with E-state index in [9.17, 15) is 4.79 Å². The van der Waals surface area contributed by atoms with Gasteiger partial charge < -0.3 is 11.1 Å². The largest absolute Gasteiger partial charge is 0.348 e. The molecule has 0 saturated carbocycles. The molecule has 1 unspecified atom stereocenters. The van der Waals surface area contributed by atoms with Crippen molar-refractivity contribution in [1.82, 2.24) is 10.3 Å². The van der Waals surface area contributed by atoms with Gasteiger partial charge in [0.15, 0.2) is 0 Å². The molecule has 4 nitrogen and oxygen atoms in total. The molecule has 1 aliphatic carbocycles. The lowest BCUT2D eigenvalue weighted by Crippen LogP contribution is -2.28. The number of pyridine rings is 1. The fourth-order valence-electron chi connectivity index (χ4n) is 2.72. The van der Waals surface area contributed by atoms with Crippen LogP contribution < -0.4 is 11.1 Å². The Kier molecular flexibility index (Phi) is 4.41. The lowest BCUT2D eigenvalue weighted by atomic mass is 9.87. The van der Waals surface area contributed by atoms with E-state index in [1.165, 1.54) is 11.1 Å². The van der Waals surface area contributed by atoms with Crippen LogP contribution in [0.3, 0.4) is 0 Å². The van der Waals surface area contributed by atoms with Crippen LogP contribution in [0.25, 0.3) is 0 Å². The number of carbonyl (C=O) groups excluding carboxylic acids is 1. The van der Waals surface area contributed by atoms with Crippen LogP contribution in [0, 0.1) is 0 Å². The quantitative estimate of drug-likeness (QED) is 0.855. The Labute approximate surface area is 134 Å². The summed E-state index contributed by atoms with van der Waals surface area (Å²) in [4.78, 5) is 16.2. The maximum Gasteiger partial charge on any atom is 0.251 e. The molecule has 0 saturated heterocycles. The summed E-state index contributed by atoms with van der Waals surface area (Å²) in [6, 6.07) is 9.68. The highest BCUT2D eigenvalue weighted by atomic mass is 35.5. The molecule has 1 atom stereocenters. The average Bonchev–Trinajstić information content (AvgIpc) is 2.53. The van der Waals surface area contributed by atoms with E-state index in [0.29, 0.717) is 17.3 Å². The molecule has 1 aromatic carbocycles. The van der Waals surface area contributed by atoms with E-state index in [-0.39, 0.29) is 11.9 Å². The molecular weight excluding hydrogens is 298 g/mol. The first-order chi connectivity index (χ1) is 10.6. The van der Waals surface area contributed by atoms with Gasteiger partial charge in [0.1, 0.15) is 5.15 Å². The van der Waals surface area contributed by atoms with Crippen molar-refractivity contribution in [3.63, 3.8) is 0 Å². The van der Waals surface area contributed by atoms with Crippen LogP contribution in [0.1, 0.15) is 33.5 Å². The van der Waals surface area contributed by atoms with E-state index in [2.05, 4.69) is 10.3 Å². The highest BCUT2D eigenvalue weighted by Crippen LogP contribution is 2.21. The molecule has 1 aliphatic rings. The van der Waals surface area contributed by atoms with E-state index in [1.807, 2.05) is 24.3 Å². The number of nitrogens with zero attached hydrogens (tertiary/aromatic N) is 1. The Morgan fingerprint density at radius 1 is 1.32 bits per heavy atom. The zero-order valence-corrected chi connectivity index (χ0v) is 12.9. The van der Waals surface area contributed by atoms with Crippen molar-refractivity contribution in [3.05, 3.63) is 63.9 Å². The molecule has 3 N–H and O–H groups in total. The highest BCUT2D eigenvalue weighted by molar-refractivity contribution is 6.29. The van der Waals surface area contributed by atoms with Gasteiger partial charge in [-0.25, -0.2) is 4.98 Å². The second-order valence-electron chi connectivity index (χ2n) is 5.66. The molecule has 0 fully saturated rings. The number of aryl methyl sites for hydroxylation is 1. The predicted molar refractivity (Wildman–Crippen MR) is 86.9 cm³/mol. The third-order valence-corrected chi connectivity index (χ3v) is 4.20. The topological polar surface area (TPSA) is 68.0 Å². The van der Waals surface area contributed by atoms with Crippen LogP contribution in [-0.2, 0) is 19.4 Å². The monoisotopic (exact) mass is 315 g/mol. The number of hydrogen-bond donors (Lipinski definition) is 2. The van der Waals surface area contributed by atoms with Crippen molar-refractivity contribution in [2.24, 2.45) is 5.73 Å². The second-order valence-corrected chi connectivity index (χ2v) is 6.05. The van der Waals surface area contributed by atoms with Crippen LogP contribution in [0.4, 0.5) is 0 Å². The molecule has 1 aromatic heterocycles. The summed E-state index contributed by atoms with van der Waals surface area (Å²) in [5.41, 5.74) is 10.1. The summed E-state index contributed by atoms with van der Waals surface area (Å²) >= 11 is 5.74. The van der Waals surface area contributed by atoms with Crippen molar-refractivity contribution >= 4 is 17.5 Å². The molecule has 22 heavy (non-hydrogen) atoms. The van der Waals surface area contributed by atoms with Crippen LogP contribution in [0.15, 0.2) is 36.5 Å². The van der Waals surface area contributed by atoms with Crippen LogP contribution >= 0.6 is 11.6 Å². The maximum atomic E-state index is 12.3. The normalized spacial score (nSPS) is 16.9. The Morgan fingerprint density at radius 3 is 2.95 bits per heavy atom. The molecule has 114 valence electrons. The minimum Gasteiger partial charge on any atom is -0.348 e. The van der Waals surface area contributed by atoms with Gasteiger partial charge in [0.2, 0.25) is 0 Å². The first kappa shape index (κ1) is 15.0. The minimum absolute atomic E-state index is 0.0763. The molecule has 0 spiro atoms. The fourth-order valence-corrected chi connectivity index (χ4v) is 2.83. The lowest BCUT2D eigenvalue weighted by molar-refractivity contribution is 0.0950. The number of aromatic nitrogens is 1. The number of nitrogens with two attached hydrogens (primary N) is 1. The molecular formula is C17H18ClN3O. The number of benzene rings is 1. The maximum absolute atomic E-state index is 12.3. The third-order valence-electron chi connectivity index (χ3n) is 3.98. The first-order valence-electron chi connectivity index (χ1n) is 7.38. The molecule has 2 aromatic rings. The molecule has 0 radical (unpaired) electrons. The standard InChI is InChI=1S/C17H18ClN3O/c18-16-6-1-11(9-20-16)10-21-17(22)14-3-2-13-8-15(19)5-4-12(13)7-14/h1-3,6-7,9,15H,4-5,8,10,19H2,(H,21,22). The average molecular weight is 316 g/mol. The Bertz CT molecular complexity index is 685. The zero-order chi connectivity index (χ0) is 15.5. The van der Waals surface area contributed by atoms with Crippen LogP contribution in [0.5, 0.6) is 0 Å². The summed E-state index contributed by atoms with van der Waals surface area (Å²) in [5.74, 6) is -0.0763. The van der Waals surface area contributed by atoms with E-state index in [4.69, 9.17) is 17.3 Å². The fraction of sp³-hybridized carbons (Fsp3) is 0.294. The van der Waals surface area contributed by atoms with Crippen molar-refractivity contribution in [2.75, 3.05) is 0 Å². The minimum atomic E-state index is -0.0763. The van der Waals surface area contributed by atoms with Crippen LogP contribution in [-0.4, -0.2) is 16.9 Å². The van der Waals surface area contributed by atoms with Crippen molar-refractivity contribution in [3.8, 4) is 0 Å². The molecule has 1 heterocycles. The number of amides is 1. The van der Waals surface area contributed by atoms with Crippen molar-refractivity contribution < 1.29 is 4.79 Å². The number of hydrogen-bond acceptors (Lipinski definition) is 3. The number of nitrogens with one attached hydrogen (secondary N) is 1. The first-order valence-corrected chi connectivity index (χ1v) is 7.75. The Hall–Kier alpha value is -1.91. The summed E-state index contributed by atoms with van der Waals surface area (Å²) in [6.45, 7) is 0.435. The van der Waals surface area contributed by atoms with Crippen molar-refractivity contribution in [1.29, 1.82) is 0 Å². The molecule has 3 rings (SSSR count). The zero-order valence-electron chi connectivity index (χ0n) is 12.2. The Balaban J connectivity index is 1.66. The molecule has 5 heteroatoms. The smallest absolute Gasteiger partial charge is 0.251 e. The van der Waals surface area contributed by atoms with Crippen molar-refractivity contribution in [2.45, 2.75) is 31.8 Å². The summed E-state index contributed by atoms with van der Waals surface area (Å²) < 4.78 is 0. The predicted octanol–water partition coefficient (Wildman–Crippen LogP) is 2.48. The van der Waals surface area contributed by atoms with Gasteiger partial charge in [-0.1, -0.05) is 23.7 Å². The van der Waals surface area contributed by atoms with E-state index >= 15 is 0 Å². The SMILES string of the molecule is NC1CCc2cc(C(=O)NCc3ccc(Cl)nc3)ccc2C1. The van der Waals surface area contributed by atoms with Gasteiger partial charge in [0, 0.05) is 24.3 Å². The number of rotatable bonds is 3. The number of carbonyl (C=O) groups is 1. The van der Waals surface area contributed by atoms with E-state index < -0.39 is 0 Å². The number of fused-ring (bicyclic) bond motifs is 1. The summed E-state index contributed by atoms with van der Waals surface area (Å²) in [6.07, 6.45) is 4.48. The van der Waals surface area contributed by atoms with Gasteiger partial charge in [-0.3, -0.25) is 4.79 Å². The lowest BCUT2D eigenvalue weighted by Gasteiger charge is -2.21. The van der Waals surface area contributed by atoms with Crippen LogP contribution in [0.2, 0.25) is 5.15 Å². The van der Waals surface area contributed by atoms with Gasteiger partial charge >= 0.3 is 0 Å². The number of halogens is 1. The van der Waals surface area contributed by atoms with Gasteiger partial charge in [0.05, 0.1) is 0 Å². The van der Waals surface area contributed by atoms with Gasteiger partial charge in [-0.2, -0.15) is 0 Å². The van der Waals surface area contributed by atoms with E-state index in [1.54, 1.807) is 12.3 Å². The third kappa shape index (κ3) is 3.46. The molecule has 0 bridgehead atoms. The van der Waals surface area contributed by atoms with Gasteiger partial charge in [-0.05, 0) is 54.2 Å². The summed E-state index contributed by atoms with van der Waals surface area (Å²) in [7, 11) is 0. The van der Waals surface area contributed by atoms with Gasteiger partial charge in [0.25, 0.3) is 5.91 Å². The molecule has 0 aliphatic heterocycles. The van der Waals surface area contributed by atoms with Gasteiger partial charge in [-0.15, -0.1) is 0 Å². The Morgan fingerprint density at radius 2 is 2.18 bits per heavy atom. The summed E-state index contributed by atoms with van der Waals surface area (Å²) in [5, 5.41) is 3.35.